The summed E-state index contributed by atoms with van der Waals surface area (Å²) in [5, 5.41) is 4.22. The van der Waals surface area contributed by atoms with Gasteiger partial charge < -0.3 is 15.1 Å². The normalized spacial score (nSPS) is 14.6. The highest BCUT2D eigenvalue weighted by molar-refractivity contribution is 6.30. The molecule has 3 rings (SSSR count). The molecule has 0 bridgehead atoms. The first kappa shape index (κ1) is 18.8. The van der Waals surface area contributed by atoms with E-state index in [4.69, 9.17) is 11.6 Å². The summed E-state index contributed by atoms with van der Waals surface area (Å²) in [6, 6.07) is 10.2. The van der Waals surface area contributed by atoms with Crippen LogP contribution in [-0.4, -0.2) is 42.7 Å². The highest BCUT2D eigenvalue weighted by Gasteiger charge is 2.19. The monoisotopic (exact) mass is 373 g/mol. The molecule has 0 radical (unpaired) electrons. The Kier molecular flexibility index (Phi) is 6.56. The van der Waals surface area contributed by atoms with Gasteiger partial charge in [-0.2, -0.15) is 0 Å². The minimum absolute atomic E-state index is 0.787. The van der Waals surface area contributed by atoms with E-state index >= 15 is 0 Å². The number of piperazine rings is 1. The van der Waals surface area contributed by atoms with Gasteiger partial charge >= 0.3 is 0 Å². The van der Waals surface area contributed by atoms with Crippen molar-refractivity contribution < 1.29 is 0 Å². The van der Waals surface area contributed by atoms with E-state index in [0.717, 1.165) is 55.2 Å². The number of nitrogens with zero attached hydrogens (tertiary/aromatic N) is 4. The molecule has 0 saturated carbocycles. The largest absolute Gasteiger partial charge is 0.370 e. The molecular weight excluding hydrogens is 346 g/mol. The minimum Gasteiger partial charge on any atom is -0.370 e. The number of nitrogens with one attached hydrogen (secondary N) is 1. The van der Waals surface area contributed by atoms with Crippen molar-refractivity contribution in [2.75, 3.05) is 47.8 Å². The van der Waals surface area contributed by atoms with Crippen molar-refractivity contribution in [1.29, 1.82) is 0 Å². The summed E-state index contributed by atoms with van der Waals surface area (Å²) >= 11 is 6.12. The molecule has 2 heterocycles. The molecule has 0 unspecified atom stereocenters. The van der Waals surface area contributed by atoms with Gasteiger partial charge in [0, 0.05) is 49.5 Å². The van der Waals surface area contributed by atoms with Gasteiger partial charge in [0.25, 0.3) is 0 Å². The second-order valence-corrected chi connectivity index (χ2v) is 7.18. The highest BCUT2D eigenvalue weighted by Crippen LogP contribution is 2.23. The van der Waals surface area contributed by atoms with Crippen LogP contribution in [-0.2, 0) is 0 Å². The number of rotatable bonds is 7. The van der Waals surface area contributed by atoms with E-state index < -0.39 is 0 Å². The van der Waals surface area contributed by atoms with Crippen LogP contribution >= 0.6 is 11.6 Å². The van der Waals surface area contributed by atoms with Crippen LogP contribution in [0.25, 0.3) is 0 Å². The molecule has 2 aromatic rings. The van der Waals surface area contributed by atoms with Crippen LogP contribution in [0.4, 0.5) is 17.3 Å². The summed E-state index contributed by atoms with van der Waals surface area (Å²) < 4.78 is 0. The first-order valence-electron chi connectivity index (χ1n) is 9.50. The molecule has 1 aliphatic rings. The Morgan fingerprint density at radius 2 is 1.81 bits per heavy atom. The van der Waals surface area contributed by atoms with E-state index in [-0.39, 0.29) is 0 Å². The van der Waals surface area contributed by atoms with Gasteiger partial charge in [-0.15, -0.1) is 0 Å². The molecule has 1 aromatic heterocycles. The zero-order valence-corrected chi connectivity index (χ0v) is 16.5. The van der Waals surface area contributed by atoms with Gasteiger partial charge in [0.1, 0.15) is 17.5 Å². The summed E-state index contributed by atoms with van der Waals surface area (Å²) in [6.07, 6.45) is 3.65. The Labute approximate surface area is 161 Å². The molecule has 1 aliphatic heterocycles. The molecule has 0 atom stereocenters. The molecule has 140 valence electrons. The van der Waals surface area contributed by atoms with E-state index in [1.54, 1.807) is 0 Å². The zero-order chi connectivity index (χ0) is 18.4. The van der Waals surface area contributed by atoms with Crippen molar-refractivity contribution >= 4 is 28.9 Å². The molecule has 1 N–H and O–H groups in total. The minimum atomic E-state index is 0.787. The number of benzene rings is 1. The Balaban J connectivity index is 1.61. The van der Waals surface area contributed by atoms with Gasteiger partial charge in [-0.1, -0.05) is 37.4 Å². The van der Waals surface area contributed by atoms with Crippen molar-refractivity contribution in [3.63, 3.8) is 0 Å². The molecule has 0 spiro atoms. The highest BCUT2D eigenvalue weighted by atomic mass is 35.5. The number of unbranched alkanes of at least 4 members (excludes halogenated alkanes) is 2. The van der Waals surface area contributed by atoms with E-state index in [1.165, 1.54) is 24.9 Å². The Bertz CT molecular complexity index is 713. The molecule has 0 amide bonds. The van der Waals surface area contributed by atoms with Gasteiger partial charge in [-0.3, -0.25) is 0 Å². The second kappa shape index (κ2) is 9.08. The lowest BCUT2D eigenvalue weighted by Crippen LogP contribution is -2.46. The van der Waals surface area contributed by atoms with Crippen molar-refractivity contribution in [2.24, 2.45) is 0 Å². The molecule has 6 heteroatoms. The molecule has 1 fully saturated rings. The van der Waals surface area contributed by atoms with Crippen LogP contribution in [0.5, 0.6) is 0 Å². The third-order valence-corrected chi connectivity index (χ3v) is 4.92. The van der Waals surface area contributed by atoms with E-state index in [1.807, 2.05) is 25.1 Å². The van der Waals surface area contributed by atoms with Gasteiger partial charge in [-0.05, 0) is 31.5 Å². The number of anilines is 3. The average molecular weight is 374 g/mol. The maximum absolute atomic E-state index is 6.12. The summed E-state index contributed by atoms with van der Waals surface area (Å²) in [5.74, 6) is 2.76. The smallest absolute Gasteiger partial charge is 0.134 e. The van der Waals surface area contributed by atoms with Crippen LogP contribution in [0, 0.1) is 6.92 Å². The number of hydrogen-bond donors (Lipinski definition) is 1. The summed E-state index contributed by atoms with van der Waals surface area (Å²) in [5.41, 5.74) is 1.19. The average Bonchev–Trinajstić information content (AvgIpc) is 2.65. The maximum atomic E-state index is 6.12. The van der Waals surface area contributed by atoms with E-state index in [2.05, 4.69) is 44.1 Å². The van der Waals surface area contributed by atoms with Crippen molar-refractivity contribution in [3.05, 3.63) is 41.2 Å². The first-order chi connectivity index (χ1) is 12.7. The van der Waals surface area contributed by atoms with Crippen LogP contribution < -0.4 is 15.1 Å². The molecule has 1 aromatic carbocycles. The van der Waals surface area contributed by atoms with E-state index in [0.29, 0.717) is 0 Å². The number of aromatic nitrogens is 2. The van der Waals surface area contributed by atoms with Gasteiger partial charge in [0.05, 0.1) is 0 Å². The van der Waals surface area contributed by atoms with Crippen molar-refractivity contribution in [3.8, 4) is 0 Å². The summed E-state index contributed by atoms with van der Waals surface area (Å²) in [7, 11) is 0. The van der Waals surface area contributed by atoms with Gasteiger partial charge in [0.15, 0.2) is 0 Å². The lowest BCUT2D eigenvalue weighted by molar-refractivity contribution is 0.646. The van der Waals surface area contributed by atoms with Gasteiger partial charge in [0.2, 0.25) is 0 Å². The predicted molar refractivity (Wildman–Crippen MR) is 111 cm³/mol. The van der Waals surface area contributed by atoms with Crippen LogP contribution in [0.15, 0.2) is 30.3 Å². The molecule has 5 nitrogen and oxygen atoms in total. The zero-order valence-electron chi connectivity index (χ0n) is 15.7. The van der Waals surface area contributed by atoms with Crippen molar-refractivity contribution in [2.45, 2.75) is 33.1 Å². The van der Waals surface area contributed by atoms with Crippen LogP contribution in [0.1, 0.15) is 32.0 Å². The Hall–Kier alpha value is -2.01. The molecular formula is C20H28ClN5. The second-order valence-electron chi connectivity index (χ2n) is 6.75. The predicted octanol–water partition coefficient (Wildman–Crippen LogP) is 4.37. The third-order valence-electron chi connectivity index (χ3n) is 4.69. The SMILES string of the molecule is CCCCCNc1cc(N2CCN(c3cccc(Cl)c3)CC2)nc(C)n1. The molecule has 1 saturated heterocycles. The van der Waals surface area contributed by atoms with E-state index in [9.17, 15) is 0 Å². The fraction of sp³-hybridized carbons (Fsp3) is 0.500. The lowest BCUT2D eigenvalue weighted by Gasteiger charge is -2.37. The summed E-state index contributed by atoms with van der Waals surface area (Å²) in [6.45, 7) is 8.95. The number of halogens is 1. The molecule has 0 aliphatic carbocycles. The van der Waals surface area contributed by atoms with Gasteiger partial charge in [-0.25, -0.2) is 9.97 Å². The number of hydrogen-bond acceptors (Lipinski definition) is 5. The topological polar surface area (TPSA) is 44.3 Å². The molecule has 26 heavy (non-hydrogen) atoms. The standard InChI is InChI=1S/C20H28ClN5/c1-3-4-5-9-22-19-15-20(24-16(2)23-19)26-12-10-25(11-13-26)18-8-6-7-17(21)14-18/h6-8,14-15H,3-5,9-13H2,1-2H3,(H,22,23,24). The van der Waals surface area contributed by atoms with Crippen LogP contribution in [0.3, 0.4) is 0 Å². The fourth-order valence-corrected chi connectivity index (χ4v) is 3.45. The van der Waals surface area contributed by atoms with Crippen LogP contribution in [0.2, 0.25) is 5.02 Å². The first-order valence-corrected chi connectivity index (χ1v) is 9.88. The Morgan fingerprint density at radius 1 is 1.04 bits per heavy atom. The summed E-state index contributed by atoms with van der Waals surface area (Å²) in [4.78, 5) is 13.9. The van der Waals surface area contributed by atoms with Crippen molar-refractivity contribution in [1.82, 2.24) is 9.97 Å². The third kappa shape index (κ3) is 5.01. The maximum Gasteiger partial charge on any atom is 0.134 e. The number of aryl methyl sites for hydroxylation is 1. The quantitative estimate of drug-likeness (QED) is 0.730. The lowest BCUT2D eigenvalue weighted by atomic mass is 10.2. The fourth-order valence-electron chi connectivity index (χ4n) is 3.26. The Morgan fingerprint density at radius 3 is 2.54 bits per heavy atom.